The van der Waals surface area contributed by atoms with Gasteiger partial charge in [-0.15, -0.1) is 0 Å². The summed E-state index contributed by atoms with van der Waals surface area (Å²) in [4.78, 5) is 20.2. The molecule has 0 bridgehead atoms. The van der Waals surface area contributed by atoms with Gasteiger partial charge < -0.3 is 0 Å². The highest BCUT2D eigenvalue weighted by atomic mass is 19.1. The van der Waals surface area contributed by atoms with E-state index in [1.54, 1.807) is 6.07 Å². The minimum atomic E-state index is -0.761. The molecule has 0 radical (unpaired) electrons. The number of halogens is 1. The van der Waals surface area contributed by atoms with E-state index >= 15 is 0 Å². The van der Waals surface area contributed by atoms with Crippen LogP contribution in [0.15, 0.2) is 47.6 Å². The highest BCUT2D eigenvalue weighted by Gasteiger charge is 2.19. The lowest BCUT2D eigenvalue weighted by atomic mass is 10.1. The van der Waals surface area contributed by atoms with E-state index in [9.17, 15) is 24.6 Å². The van der Waals surface area contributed by atoms with Crippen molar-refractivity contribution in [2.45, 2.75) is 6.92 Å². The molecule has 9 heteroatoms. The Balaban J connectivity index is 2.33. The average Bonchev–Trinajstić information content (AvgIpc) is 2.52. The molecule has 0 fully saturated rings. The number of nitrogens with one attached hydrogen (secondary N) is 1. The Hall–Kier alpha value is -3.36. The molecule has 0 amide bonds. The summed E-state index contributed by atoms with van der Waals surface area (Å²) in [5.41, 5.74) is 2.02. The largest absolute Gasteiger partial charge is 0.301 e. The van der Waals surface area contributed by atoms with Crippen molar-refractivity contribution in [3.8, 4) is 0 Å². The predicted octanol–water partition coefficient (Wildman–Crippen LogP) is 3.48. The summed E-state index contributed by atoms with van der Waals surface area (Å²) in [6.07, 6.45) is 0. The number of nitrogens with zero attached hydrogens (tertiary/aromatic N) is 3. The van der Waals surface area contributed by atoms with E-state index in [1.165, 1.54) is 31.2 Å². The van der Waals surface area contributed by atoms with Gasteiger partial charge in [-0.25, -0.2) is 4.39 Å². The molecule has 0 aromatic heterocycles. The zero-order valence-electron chi connectivity index (χ0n) is 11.9. The summed E-state index contributed by atoms with van der Waals surface area (Å²) >= 11 is 0. The Morgan fingerprint density at radius 2 is 1.83 bits per heavy atom. The van der Waals surface area contributed by atoms with Crippen LogP contribution in [0.3, 0.4) is 0 Å². The van der Waals surface area contributed by atoms with E-state index in [0.717, 1.165) is 12.1 Å². The Labute approximate surface area is 129 Å². The maximum Gasteiger partial charge on any atom is 0.301 e. The molecule has 1 N–H and O–H groups in total. The third-order valence-electron chi connectivity index (χ3n) is 3.00. The van der Waals surface area contributed by atoms with Crippen LogP contribution in [0.5, 0.6) is 0 Å². The molecule has 0 unspecified atom stereocenters. The minimum absolute atomic E-state index is 0.0312. The van der Waals surface area contributed by atoms with Crippen molar-refractivity contribution in [2.75, 3.05) is 5.43 Å². The molecule has 0 aliphatic carbocycles. The number of rotatable bonds is 5. The molecule has 118 valence electrons. The van der Waals surface area contributed by atoms with Crippen LogP contribution in [0.2, 0.25) is 0 Å². The van der Waals surface area contributed by atoms with Crippen molar-refractivity contribution in [2.24, 2.45) is 5.10 Å². The van der Waals surface area contributed by atoms with E-state index < -0.39 is 27.0 Å². The fourth-order valence-corrected chi connectivity index (χ4v) is 1.84. The summed E-state index contributed by atoms with van der Waals surface area (Å²) in [5, 5.41) is 25.6. The van der Waals surface area contributed by atoms with Gasteiger partial charge in [0, 0.05) is 11.6 Å². The van der Waals surface area contributed by atoms with Gasteiger partial charge in [-0.3, -0.25) is 25.7 Å². The zero-order valence-corrected chi connectivity index (χ0v) is 11.9. The summed E-state index contributed by atoms with van der Waals surface area (Å²) in [5.74, 6) is -0.478. The molecule has 0 aliphatic rings. The maximum atomic E-state index is 13.6. The molecule has 2 aromatic rings. The van der Waals surface area contributed by atoms with Crippen LogP contribution >= 0.6 is 0 Å². The van der Waals surface area contributed by atoms with Crippen molar-refractivity contribution in [1.82, 2.24) is 0 Å². The zero-order chi connectivity index (χ0) is 17.0. The Kier molecular flexibility index (Phi) is 4.60. The third kappa shape index (κ3) is 3.64. The van der Waals surface area contributed by atoms with Gasteiger partial charge in [-0.1, -0.05) is 18.2 Å². The fraction of sp³-hybridized carbons (Fsp3) is 0.0714. The van der Waals surface area contributed by atoms with Crippen molar-refractivity contribution in [3.05, 3.63) is 74.1 Å². The first-order valence-electron chi connectivity index (χ1n) is 6.38. The van der Waals surface area contributed by atoms with Crippen LogP contribution in [0.1, 0.15) is 12.5 Å². The number of anilines is 1. The van der Waals surface area contributed by atoms with Crippen LogP contribution in [0.25, 0.3) is 0 Å². The molecule has 23 heavy (non-hydrogen) atoms. The molecule has 0 heterocycles. The predicted molar refractivity (Wildman–Crippen MR) is 82.0 cm³/mol. The summed E-state index contributed by atoms with van der Waals surface area (Å²) in [7, 11) is 0. The average molecular weight is 318 g/mol. The van der Waals surface area contributed by atoms with Gasteiger partial charge in [0.2, 0.25) is 0 Å². The monoisotopic (exact) mass is 318 g/mol. The van der Waals surface area contributed by atoms with E-state index in [2.05, 4.69) is 10.5 Å². The van der Waals surface area contributed by atoms with E-state index in [0.29, 0.717) is 0 Å². The van der Waals surface area contributed by atoms with Crippen LogP contribution in [0.4, 0.5) is 21.5 Å². The quantitative estimate of drug-likeness (QED) is 0.515. The lowest BCUT2D eigenvalue weighted by molar-refractivity contribution is -0.393. The lowest BCUT2D eigenvalue weighted by Crippen LogP contribution is -2.04. The standard InChI is InChI=1S/C14H11FN4O4/c1-9(11-4-2-3-5-12(11)15)16-17-13-7-6-10(18(20)21)8-14(13)19(22)23/h2-8,17H,1H3. The summed E-state index contributed by atoms with van der Waals surface area (Å²) < 4.78 is 13.6. The van der Waals surface area contributed by atoms with Crippen LogP contribution in [0, 0.1) is 26.0 Å². The molecular weight excluding hydrogens is 307 g/mol. The van der Waals surface area contributed by atoms with Crippen molar-refractivity contribution in [1.29, 1.82) is 0 Å². The van der Waals surface area contributed by atoms with E-state index in [-0.39, 0.29) is 17.0 Å². The number of benzene rings is 2. The number of hydrazone groups is 1. The number of hydrogen-bond donors (Lipinski definition) is 1. The number of nitro benzene ring substituents is 2. The molecule has 0 aliphatic heterocycles. The normalized spacial score (nSPS) is 11.1. The molecule has 0 spiro atoms. The molecular formula is C14H11FN4O4. The highest BCUT2D eigenvalue weighted by molar-refractivity contribution is 5.99. The number of nitro groups is 2. The Morgan fingerprint density at radius 3 is 2.43 bits per heavy atom. The van der Waals surface area contributed by atoms with Gasteiger partial charge in [0.05, 0.1) is 21.6 Å². The topological polar surface area (TPSA) is 111 Å². The van der Waals surface area contributed by atoms with Crippen LogP contribution < -0.4 is 5.43 Å². The van der Waals surface area contributed by atoms with E-state index in [1.807, 2.05) is 0 Å². The first-order valence-corrected chi connectivity index (χ1v) is 6.38. The SMILES string of the molecule is CC(=NNc1ccc([N+](=O)[O-])cc1[N+](=O)[O-])c1ccccc1F. The molecule has 2 rings (SSSR count). The van der Waals surface area contributed by atoms with Gasteiger partial charge in [0.25, 0.3) is 5.69 Å². The fourth-order valence-electron chi connectivity index (χ4n) is 1.84. The molecule has 2 aromatic carbocycles. The third-order valence-corrected chi connectivity index (χ3v) is 3.00. The van der Waals surface area contributed by atoms with Gasteiger partial charge in [-0.2, -0.15) is 5.10 Å². The second-order valence-corrected chi connectivity index (χ2v) is 4.50. The summed E-state index contributed by atoms with van der Waals surface area (Å²) in [6, 6.07) is 9.06. The van der Waals surface area contributed by atoms with Gasteiger partial charge >= 0.3 is 5.69 Å². The minimum Gasteiger partial charge on any atom is -0.271 e. The number of non-ortho nitro benzene ring substituents is 1. The highest BCUT2D eigenvalue weighted by Crippen LogP contribution is 2.29. The van der Waals surface area contributed by atoms with E-state index in [4.69, 9.17) is 0 Å². The molecule has 8 nitrogen and oxygen atoms in total. The van der Waals surface area contributed by atoms with Crippen molar-refractivity contribution in [3.63, 3.8) is 0 Å². The van der Waals surface area contributed by atoms with Crippen LogP contribution in [-0.4, -0.2) is 15.6 Å². The molecule has 0 saturated carbocycles. The van der Waals surface area contributed by atoms with Crippen LogP contribution in [-0.2, 0) is 0 Å². The summed E-state index contributed by atoms with van der Waals surface area (Å²) in [6.45, 7) is 1.53. The second kappa shape index (κ2) is 6.60. The second-order valence-electron chi connectivity index (χ2n) is 4.50. The first kappa shape index (κ1) is 16.0. The van der Waals surface area contributed by atoms with Gasteiger partial charge in [-0.05, 0) is 19.1 Å². The number of hydrogen-bond acceptors (Lipinski definition) is 6. The molecule has 0 atom stereocenters. The van der Waals surface area contributed by atoms with Crippen molar-refractivity contribution >= 4 is 22.8 Å². The Bertz CT molecular complexity index is 807. The Morgan fingerprint density at radius 1 is 1.13 bits per heavy atom. The lowest BCUT2D eigenvalue weighted by Gasteiger charge is -2.05. The molecule has 0 saturated heterocycles. The van der Waals surface area contributed by atoms with Crippen molar-refractivity contribution < 1.29 is 14.2 Å². The van der Waals surface area contributed by atoms with Gasteiger partial charge in [0.15, 0.2) is 0 Å². The van der Waals surface area contributed by atoms with Gasteiger partial charge in [0.1, 0.15) is 11.5 Å². The first-order chi connectivity index (χ1) is 10.9. The maximum absolute atomic E-state index is 13.6. The smallest absolute Gasteiger partial charge is 0.271 e.